The maximum absolute atomic E-state index is 10.9. The van der Waals surface area contributed by atoms with Gasteiger partial charge in [-0.15, -0.1) is 0 Å². The third kappa shape index (κ3) is 2.92. The van der Waals surface area contributed by atoms with Crippen LogP contribution in [-0.2, 0) is 11.3 Å². The van der Waals surface area contributed by atoms with Gasteiger partial charge in [-0.2, -0.15) is 0 Å². The van der Waals surface area contributed by atoms with Gasteiger partial charge in [0.15, 0.2) is 0 Å². The van der Waals surface area contributed by atoms with Gasteiger partial charge in [0.05, 0.1) is 0 Å². The van der Waals surface area contributed by atoms with Crippen LogP contribution in [0.2, 0.25) is 0 Å². The Morgan fingerprint density at radius 3 is 2.75 bits per heavy atom. The second kappa shape index (κ2) is 5.26. The van der Waals surface area contributed by atoms with Crippen molar-refractivity contribution in [1.29, 1.82) is 0 Å². The van der Waals surface area contributed by atoms with Gasteiger partial charge in [0.25, 0.3) is 0 Å². The van der Waals surface area contributed by atoms with Gasteiger partial charge < -0.3 is 4.79 Å². The lowest BCUT2D eigenvalue weighted by molar-refractivity contribution is -0.113. The molecule has 1 aliphatic rings. The van der Waals surface area contributed by atoms with Crippen molar-refractivity contribution < 1.29 is 4.79 Å². The highest BCUT2D eigenvalue weighted by molar-refractivity contribution is 5.54. The summed E-state index contributed by atoms with van der Waals surface area (Å²) in [6.07, 6.45) is 2.17. The van der Waals surface area contributed by atoms with E-state index in [1.54, 1.807) is 0 Å². The van der Waals surface area contributed by atoms with Crippen molar-refractivity contribution in [3.8, 4) is 0 Å². The van der Waals surface area contributed by atoms with Crippen molar-refractivity contribution in [2.24, 2.45) is 11.8 Å². The van der Waals surface area contributed by atoms with Crippen LogP contribution in [0.1, 0.15) is 18.9 Å². The zero-order valence-corrected chi connectivity index (χ0v) is 9.80. The Morgan fingerprint density at radius 2 is 2.06 bits per heavy atom. The van der Waals surface area contributed by atoms with Gasteiger partial charge in [-0.25, -0.2) is 0 Å². The number of hydrogen-bond acceptors (Lipinski definition) is 2. The lowest BCUT2D eigenvalue weighted by atomic mass is 9.91. The van der Waals surface area contributed by atoms with Crippen LogP contribution in [0.15, 0.2) is 30.3 Å². The predicted octanol–water partition coefficient (Wildman–Crippen LogP) is 2.34. The second-order valence-corrected chi connectivity index (χ2v) is 4.92. The summed E-state index contributed by atoms with van der Waals surface area (Å²) in [4.78, 5) is 13.3. The Hall–Kier alpha value is -1.15. The van der Waals surface area contributed by atoms with Crippen LogP contribution < -0.4 is 0 Å². The fraction of sp³-hybridized carbons (Fsp3) is 0.500. The van der Waals surface area contributed by atoms with Crippen LogP contribution in [0.3, 0.4) is 0 Å². The van der Waals surface area contributed by atoms with Crippen LogP contribution in [-0.4, -0.2) is 24.3 Å². The molecule has 1 aromatic carbocycles. The summed E-state index contributed by atoms with van der Waals surface area (Å²) in [6.45, 7) is 5.23. The Morgan fingerprint density at radius 1 is 1.31 bits per heavy atom. The molecule has 0 N–H and O–H groups in total. The number of rotatable bonds is 3. The molecule has 0 saturated carbocycles. The number of nitrogens with zero attached hydrogens (tertiary/aromatic N) is 1. The monoisotopic (exact) mass is 217 g/mol. The highest BCUT2D eigenvalue weighted by atomic mass is 16.1. The van der Waals surface area contributed by atoms with Crippen molar-refractivity contribution in [2.45, 2.75) is 19.9 Å². The summed E-state index contributed by atoms with van der Waals surface area (Å²) in [5.74, 6) is 0.861. The standard InChI is InChI=1S/C14H19NO/c1-12-7-14(11-16)10-15(8-12)9-13-5-3-2-4-6-13/h2-6,11-12,14H,7-10H2,1H3/t12-,14?/m0/s1. The van der Waals surface area contributed by atoms with Crippen molar-refractivity contribution in [3.05, 3.63) is 35.9 Å². The van der Waals surface area contributed by atoms with E-state index in [0.29, 0.717) is 5.92 Å². The number of benzene rings is 1. The largest absolute Gasteiger partial charge is 0.303 e. The molecule has 16 heavy (non-hydrogen) atoms. The first-order valence-electron chi connectivity index (χ1n) is 5.99. The molecule has 0 bridgehead atoms. The van der Waals surface area contributed by atoms with E-state index in [2.05, 4.69) is 36.1 Å². The summed E-state index contributed by atoms with van der Waals surface area (Å²) >= 11 is 0. The van der Waals surface area contributed by atoms with Gasteiger partial charge in [0, 0.05) is 25.6 Å². The number of carbonyl (C=O) groups excluding carboxylic acids is 1. The molecule has 1 saturated heterocycles. The molecule has 86 valence electrons. The number of likely N-dealkylation sites (tertiary alicyclic amines) is 1. The van der Waals surface area contributed by atoms with Crippen LogP contribution in [0.25, 0.3) is 0 Å². The van der Waals surface area contributed by atoms with Crippen LogP contribution >= 0.6 is 0 Å². The molecule has 2 nitrogen and oxygen atoms in total. The minimum Gasteiger partial charge on any atom is -0.303 e. The molecule has 1 heterocycles. The van der Waals surface area contributed by atoms with Crippen molar-refractivity contribution >= 4 is 6.29 Å². The summed E-state index contributed by atoms with van der Waals surface area (Å²) in [6, 6.07) is 10.5. The van der Waals surface area contributed by atoms with Gasteiger partial charge in [-0.3, -0.25) is 4.90 Å². The highest BCUT2D eigenvalue weighted by Crippen LogP contribution is 2.21. The van der Waals surface area contributed by atoms with E-state index in [4.69, 9.17) is 0 Å². The summed E-state index contributed by atoms with van der Waals surface area (Å²) in [5, 5.41) is 0. The second-order valence-electron chi connectivity index (χ2n) is 4.92. The van der Waals surface area contributed by atoms with E-state index < -0.39 is 0 Å². The smallest absolute Gasteiger partial charge is 0.124 e. The minimum atomic E-state index is 0.229. The third-order valence-corrected chi connectivity index (χ3v) is 3.21. The molecule has 0 radical (unpaired) electrons. The molecule has 1 aromatic rings. The molecule has 2 heteroatoms. The summed E-state index contributed by atoms with van der Waals surface area (Å²) < 4.78 is 0. The molecule has 2 atom stereocenters. The highest BCUT2D eigenvalue weighted by Gasteiger charge is 2.23. The Kier molecular flexibility index (Phi) is 3.73. The Bertz CT molecular complexity index is 336. The van der Waals surface area contributed by atoms with Gasteiger partial charge in [0.2, 0.25) is 0 Å². The molecular weight excluding hydrogens is 198 g/mol. The third-order valence-electron chi connectivity index (χ3n) is 3.21. The van der Waals surface area contributed by atoms with Gasteiger partial charge in [-0.1, -0.05) is 37.3 Å². The first-order chi connectivity index (χ1) is 7.78. The van der Waals surface area contributed by atoms with Crippen LogP contribution in [0.5, 0.6) is 0 Å². The predicted molar refractivity (Wildman–Crippen MR) is 65.1 cm³/mol. The number of piperidine rings is 1. The van der Waals surface area contributed by atoms with Gasteiger partial charge in [0.1, 0.15) is 6.29 Å². The van der Waals surface area contributed by atoms with E-state index in [1.807, 2.05) is 6.07 Å². The molecule has 0 spiro atoms. The maximum Gasteiger partial charge on any atom is 0.124 e. The average molecular weight is 217 g/mol. The van der Waals surface area contributed by atoms with E-state index in [1.165, 1.54) is 5.56 Å². The normalized spacial score (nSPS) is 26.6. The quantitative estimate of drug-likeness (QED) is 0.724. The SMILES string of the molecule is C[C@H]1CC(C=O)CN(Cc2ccccc2)C1. The molecular formula is C14H19NO. The Labute approximate surface area is 97.3 Å². The number of aldehydes is 1. The fourth-order valence-electron chi connectivity index (χ4n) is 2.58. The average Bonchev–Trinajstić information content (AvgIpc) is 2.29. The fourth-order valence-corrected chi connectivity index (χ4v) is 2.58. The zero-order valence-electron chi connectivity index (χ0n) is 9.80. The molecule has 0 aromatic heterocycles. The van der Waals surface area contributed by atoms with E-state index in [9.17, 15) is 4.79 Å². The zero-order chi connectivity index (χ0) is 11.4. The molecule has 1 fully saturated rings. The van der Waals surface area contributed by atoms with Gasteiger partial charge >= 0.3 is 0 Å². The molecule has 0 amide bonds. The summed E-state index contributed by atoms with van der Waals surface area (Å²) in [5.41, 5.74) is 1.33. The summed E-state index contributed by atoms with van der Waals surface area (Å²) in [7, 11) is 0. The van der Waals surface area contributed by atoms with Crippen LogP contribution in [0, 0.1) is 11.8 Å². The lowest BCUT2D eigenvalue weighted by Gasteiger charge is -2.34. The van der Waals surface area contributed by atoms with E-state index in [0.717, 1.165) is 32.3 Å². The minimum absolute atomic E-state index is 0.229. The molecule has 1 aliphatic heterocycles. The topological polar surface area (TPSA) is 20.3 Å². The molecule has 0 aliphatic carbocycles. The molecule has 2 rings (SSSR count). The van der Waals surface area contributed by atoms with Crippen LogP contribution in [0.4, 0.5) is 0 Å². The maximum atomic E-state index is 10.9. The van der Waals surface area contributed by atoms with E-state index in [-0.39, 0.29) is 5.92 Å². The van der Waals surface area contributed by atoms with E-state index >= 15 is 0 Å². The molecule has 1 unspecified atom stereocenters. The van der Waals surface area contributed by atoms with Crippen molar-refractivity contribution in [1.82, 2.24) is 4.90 Å². The van der Waals surface area contributed by atoms with Gasteiger partial charge in [-0.05, 0) is 17.9 Å². The Balaban J connectivity index is 1.97. The number of carbonyl (C=O) groups is 1. The lowest BCUT2D eigenvalue weighted by Crippen LogP contribution is -2.39. The first-order valence-corrected chi connectivity index (χ1v) is 5.99. The van der Waals surface area contributed by atoms with Crippen molar-refractivity contribution in [3.63, 3.8) is 0 Å². The van der Waals surface area contributed by atoms with Crippen molar-refractivity contribution in [2.75, 3.05) is 13.1 Å². The number of hydrogen-bond donors (Lipinski definition) is 0. The first kappa shape index (κ1) is 11.3.